The topological polar surface area (TPSA) is 20.3 Å². The van der Waals surface area contributed by atoms with Crippen LogP contribution in [0.1, 0.15) is 24.5 Å². The molecule has 1 aliphatic rings. The molecule has 1 atom stereocenters. The van der Waals surface area contributed by atoms with Gasteiger partial charge in [-0.15, -0.1) is 0 Å². The standard InChI is InChI=1S/C14H16F3NO/c1-2-18-8-7-11(13(18)19)9-10-3-5-12(6-4-10)14(15,16)17/h3-6,11H,2,7-9H2,1H3. The zero-order valence-corrected chi connectivity index (χ0v) is 10.7. The predicted molar refractivity (Wildman–Crippen MR) is 65.5 cm³/mol. The number of hydrogen-bond donors (Lipinski definition) is 0. The highest BCUT2D eigenvalue weighted by Crippen LogP contribution is 2.30. The van der Waals surface area contributed by atoms with Gasteiger partial charge in [-0.3, -0.25) is 4.79 Å². The third kappa shape index (κ3) is 3.08. The molecule has 0 aromatic heterocycles. The minimum Gasteiger partial charge on any atom is -0.343 e. The van der Waals surface area contributed by atoms with Gasteiger partial charge in [-0.25, -0.2) is 0 Å². The Morgan fingerprint density at radius 3 is 2.37 bits per heavy atom. The van der Waals surface area contributed by atoms with Crippen LogP contribution in [0.5, 0.6) is 0 Å². The maximum Gasteiger partial charge on any atom is 0.416 e. The Balaban J connectivity index is 2.03. The summed E-state index contributed by atoms with van der Waals surface area (Å²) in [5.74, 6) is 0.0269. The monoisotopic (exact) mass is 271 g/mol. The average Bonchev–Trinajstić information content (AvgIpc) is 2.70. The molecule has 5 heteroatoms. The molecule has 0 N–H and O–H groups in total. The van der Waals surface area contributed by atoms with Gasteiger partial charge in [0, 0.05) is 19.0 Å². The number of amides is 1. The van der Waals surface area contributed by atoms with E-state index in [-0.39, 0.29) is 11.8 Å². The largest absolute Gasteiger partial charge is 0.416 e. The smallest absolute Gasteiger partial charge is 0.343 e. The summed E-state index contributed by atoms with van der Waals surface area (Å²) >= 11 is 0. The quantitative estimate of drug-likeness (QED) is 0.827. The number of hydrogen-bond acceptors (Lipinski definition) is 1. The van der Waals surface area contributed by atoms with Gasteiger partial charge in [0.15, 0.2) is 0 Å². The first-order valence-corrected chi connectivity index (χ1v) is 6.36. The summed E-state index contributed by atoms with van der Waals surface area (Å²) in [4.78, 5) is 13.7. The van der Waals surface area contributed by atoms with E-state index in [2.05, 4.69) is 0 Å². The number of benzene rings is 1. The van der Waals surface area contributed by atoms with Crippen LogP contribution < -0.4 is 0 Å². The molecular weight excluding hydrogens is 255 g/mol. The number of carbonyl (C=O) groups excluding carboxylic acids is 1. The van der Waals surface area contributed by atoms with E-state index in [1.54, 1.807) is 4.90 Å². The van der Waals surface area contributed by atoms with Crippen molar-refractivity contribution in [2.24, 2.45) is 5.92 Å². The van der Waals surface area contributed by atoms with Crippen LogP contribution in [-0.2, 0) is 17.4 Å². The molecular formula is C14H16F3NO. The van der Waals surface area contributed by atoms with Gasteiger partial charge in [-0.2, -0.15) is 13.2 Å². The molecule has 1 aromatic carbocycles. The molecule has 0 bridgehead atoms. The molecule has 1 saturated heterocycles. The molecule has 0 radical (unpaired) electrons. The lowest BCUT2D eigenvalue weighted by atomic mass is 9.97. The summed E-state index contributed by atoms with van der Waals surface area (Å²) in [5, 5.41) is 0. The van der Waals surface area contributed by atoms with Crippen LogP contribution in [0.2, 0.25) is 0 Å². The van der Waals surface area contributed by atoms with Crippen molar-refractivity contribution in [3.63, 3.8) is 0 Å². The van der Waals surface area contributed by atoms with Crippen molar-refractivity contribution in [2.45, 2.75) is 25.9 Å². The fourth-order valence-corrected chi connectivity index (χ4v) is 2.42. The van der Waals surface area contributed by atoms with Crippen molar-refractivity contribution in [1.82, 2.24) is 4.90 Å². The molecule has 1 aromatic rings. The molecule has 1 amide bonds. The molecule has 19 heavy (non-hydrogen) atoms. The number of nitrogens with zero attached hydrogens (tertiary/aromatic N) is 1. The Morgan fingerprint density at radius 2 is 1.89 bits per heavy atom. The first-order chi connectivity index (χ1) is 8.91. The second-order valence-corrected chi connectivity index (χ2v) is 4.80. The van der Waals surface area contributed by atoms with Crippen molar-refractivity contribution in [2.75, 3.05) is 13.1 Å². The lowest BCUT2D eigenvalue weighted by Gasteiger charge is -2.14. The number of halogens is 3. The van der Waals surface area contributed by atoms with Crippen molar-refractivity contribution < 1.29 is 18.0 Å². The van der Waals surface area contributed by atoms with E-state index in [0.29, 0.717) is 13.0 Å². The number of alkyl halides is 3. The molecule has 0 spiro atoms. The molecule has 0 aliphatic carbocycles. The second kappa shape index (κ2) is 5.23. The molecule has 1 heterocycles. The Morgan fingerprint density at radius 1 is 1.26 bits per heavy atom. The normalized spacial score (nSPS) is 20.1. The highest BCUT2D eigenvalue weighted by molar-refractivity contribution is 5.81. The van der Waals surface area contributed by atoms with E-state index in [9.17, 15) is 18.0 Å². The van der Waals surface area contributed by atoms with Gasteiger partial charge >= 0.3 is 6.18 Å². The van der Waals surface area contributed by atoms with Crippen LogP contribution in [0.4, 0.5) is 13.2 Å². The predicted octanol–water partition coefficient (Wildman–Crippen LogP) is 3.12. The molecule has 2 nitrogen and oxygen atoms in total. The maximum absolute atomic E-state index is 12.4. The van der Waals surface area contributed by atoms with Gasteiger partial charge in [-0.05, 0) is 37.5 Å². The van der Waals surface area contributed by atoms with E-state index in [1.807, 2.05) is 6.92 Å². The summed E-state index contributed by atoms with van der Waals surface area (Å²) in [7, 11) is 0. The highest BCUT2D eigenvalue weighted by Gasteiger charge is 2.32. The van der Waals surface area contributed by atoms with Crippen molar-refractivity contribution >= 4 is 5.91 Å². The van der Waals surface area contributed by atoms with Gasteiger partial charge in [0.25, 0.3) is 0 Å². The fraction of sp³-hybridized carbons (Fsp3) is 0.500. The van der Waals surface area contributed by atoms with E-state index < -0.39 is 11.7 Å². The maximum atomic E-state index is 12.4. The SMILES string of the molecule is CCN1CCC(Cc2ccc(C(F)(F)F)cc2)C1=O. The number of carbonyl (C=O) groups is 1. The van der Waals surface area contributed by atoms with Crippen LogP contribution in [-0.4, -0.2) is 23.9 Å². The van der Waals surface area contributed by atoms with Crippen molar-refractivity contribution in [1.29, 1.82) is 0 Å². The van der Waals surface area contributed by atoms with Gasteiger partial charge in [-0.1, -0.05) is 12.1 Å². The minimum atomic E-state index is -4.30. The van der Waals surface area contributed by atoms with Crippen LogP contribution in [0.3, 0.4) is 0 Å². The molecule has 1 unspecified atom stereocenters. The lowest BCUT2D eigenvalue weighted by molar-refractivity contribution is -0.137. The third-order valence-corrected chi connectivity index (χ3v) is 3.55. The fourth-order valence-electron chi connectivity index (χ4n) is 2.42. The van der Waals surface area contributed by atoms with Crippen LogP contribution in [0.25, 0.3) is 0 Å². The average molecular weight is 271 g/mol. The minimum absolute atomic E-state index is 0.0864. The second-order valence-electron chi connectivity index (χ2n) is 4.80. The first kappa shape index (κ1) is 13.9. The van der Waals surface area contributed by atoms with Crippen LogP contribution in [0, 0.1) is 5.92 Å². The van der Waals surface area contributed by atoms with Crippen molar-refractivity contribution in [3.8, 4) is 0 Å². The van der Waals surface area contributed by atoms with Gasteiger partial charge in [0.05, 0.1) is 5.56 Å². The molecule has 2 rings (SSSR count). The Hall–Kier alpha value is -1.52. The summed E-state index contributed by atoms with van der Waals surface area (Å²) in [5.41, 5.74) is 0.133. The van der Waals surface area contributed by atoms with Gasteiger partial charge in [0.2, 0.25) is 5.91 Å². The van der Waals surface area contributed by atoms with Gasteiger partial charge in [0.1, 0.15) is 0 Å². The Bertz CT molecular complexity index is 453. The Kier molecular flexibility index (Phi) is 3.83. The van der Waals surface area contributed by atoms with E-state index >= 15 is 0 Å². The number of rotatable bonds is 3. The zero-order valence-electron chi connectivity index (χ0n) is 10.7. The number of likely N-dealkylation sites (tertiary alicyclic amines) is 1. The summed E-state index contributed by atoms with van der Waals surface area (Å²) in [6.07, 6.45) is -3.00. The van der Waals surface area contributed by atoms with E-state index in [4.69, 9.17) is 0 Å². The third-order valence-electron chi connectivity index (χ3n) is 3.55. The summed E-state index contributed by atoms with van der Waals surface area (Å²) < 4.78 is 37.3. The Labute approximate surface area is 110 Å². The zero-order chi connectivity index (χ0) is 14.0. The van der Waals surface area contributed by atoms with Crippen molar-refractivity contribution in [3.05, 3.63) is 35.4 Å². The summed E-state index contributed by atoms with van der Waals surface area (Å²) in [6.45, 7) is 3.38. The summed E-state index contributed by atoms with van der Waals surface area (Å²) in [6, 6.07) is 5.08. The van der Waals surface area contributed by atoms with Crippen LogP contribution >= 0.6 is 0 Å². The molecule has 0 saturated carbocycles. The van der Waals surface area contributed by atoms with Crippen LogP contribution in [0.15, 0.2) is 24.3 Å². The molecule has 1 aliphatic heterocycles. The van der Waals surface area contributed by atoms with E-state index in [0.717, 1.165) is 30.7 Å². The van der Waals surface area contributed by atoms with E-state index in [1.165, 1.54) is 12.1 Å². The molecule has 1 fully saturated rings. The lowest BCUT2D eigenvalue weighted by Crippen LogP contribution is -2.27. The first-order valence-electron chi connectivity index (χ1n) is 6.36. The molecule has 104 valence electrons. The highest BCUT2D eigenvalue weighted by atomic mass is 19.4. The van der Waals surface area contributed by atoms with Gasteiger partial charge < -0.3 is 4.90 Å².